The van der Waals surface area contributed by atoms with Crippen LogP contribution in [-0.4, -0.2) is 32.2 Å². The van der Waals surface area contributed by atoms with Crippen molar-refractivity contribution in [2.75, 3.05) is 25.5 Å². The van der Waals surface area contributed by atoms with Crippen LogP contribution in [0.3, 0.4) is 0 Å². The van der Waals surface area contributed by atoms with Crippen molar-refractivity contribution in [3.63, 3.8) is 0 Å². The average Bonchev–Trinajstić information content (AvgIpc) is 2.48. The van der Waals surface area contributed by atoms with Crippen molar-refractivity contribution in [1.29, 1.82) is 0 Å². The minimum absolute atomic E-state index is 0.000891. The van der Waals surface area contributed by atoms with Crippen LogP contribution in [0.5, 0.6) is 0 Å². The minimum atomic E-state index is 0.000891. The first-order valence-electron chi connectivity index (χ1n) is 7.39. The van der Waals surface area contributed by atoms with E-state index in [0.717, 1.165) is 36.3 Å². The number of ether oxygens (including phenoxy) is 1. The lowest BCUT2D eigenvalue weighted by atomic mass is 10.1. The van der Waals surface area contributed by atoms with Crippen LogP contribution in [0.4, 0.5) is 5.69 Å². The number of hydrogen-bond acceptors (Lipinski definition) is 3. The molecule has 20 heavy (non-hydrogen) atoms. The number of rotatable bonds is 5. The number of aryl methyl sites for hydroxylation is 1. The molecule has 1 aromatic carbocycles. The van der Waals surface area contributed by atoms with Gasteiger partial charge in [-0.2, -0.15) is 0 Å². The zero-order valence-corrected chi connectivity index (χ0v) is 12.4. The Morgan fingerprint density at radius 2 is 2.25 bits per heavy atom. The molecule has 2 N–H and O–H groups in total. The molecule has 1 unspecified atom stereocenters. The molecule has 4 nitrogen and oxygen atoms in total. The van der Waals surface area contributed by atoms with E-state index in [-0.39, 0.29) is 5.91 Å². The highest BCUT2D eigenvalue weighted by Gasteiger charge is 2.14. The molecule has 0 bridgehead atoms. The Labute approximate surface area is 120 Å². The highest BCUT2D eigenvalue weighted by atomic mass is 16.5. The van der Waals surface area contributed by atoms with E-state index in [1.807, 2.05) is 32.2 Å². The first kappa shape index (κ1) is 14.9. The Balaban J connectivity index is 1.82. The van der Waals surface area contributed by atoms with Crippen LogP contribution in [0, 0.1) is 6.92 Å². The molecule has 0 aliphatic carbocycles. The molecule has 4 heteroatoms. The third kappa shape index (κ3) is 3.97. The van der Waals surface area contributed by atoms with Crippen LogP contribution < -0.4 is 10.6 Å². The second kappa shape index (κ2) is 7.29. The summed E-state index contributed by atoms with van der Waals surface area (Å²) in [5, 5.41) is 6.06. The second-order valence-corrected chi connectivity index (χ2v) is 5.31. The largest absolute Gasteiger partial charge is 0.388 e. The van der Waals surface area contributed by atoms with Crippen LogP contribution in [0.25, 0.3) is 0 Å². The average molecular weight is 276 g/mol. The number of nitrogens with one attached hydrogen (secondary N) is 2. The van der Waals surface area contributed by atoms with Gasteiger partial charge in [0.25, 0.3) is 5.91 Å². The zero-order valence-electron chi connectivity index (χ0n) is 12.4. The monoisotopic (exact) mass is 276 g/mol. The molecule has 0 saturated carbocycles. The normalized spacial score (nSPS) is 18.6. The van der Waals surface area contributed by atoms with Gasteiger partial charge in [0.15, 0.2) is 0 Å². The lowest BCUT2D eigenvalue weighted by Gasteiger charge is -2.22. The SMILES string of the molecule is CNc1ccc(C(=O)NCCC2CCCCO2)c(C)c1. The van der Waals surface area contributed by atoms with E-state index in [4.69, 9.17) is 4.74 Å². The molecule has 1 aromatic rings. The molecule has 1 amide bonds. The Morgan fingerprint density at radius 1 is 1.40 bits per heavy atom. The standard InChI is InChI=1S/C16H24N2O2/c1-12-11-13(17-2)6-7-15(12)16(19)18-9-8-14-5-3-4-10-20-14/h6-7,11,14,17H,3-5,8-10H2,1-2H3,(H,18,19). The fraction of sp³-hybridized carbons (Fsp3) is 0.562. The van der Waals surface area contributed by atoms with Gasteiger partial charge in [0, 0.05) is 31.5 Å². The van der Waals surface area contributed by atoms with E-state index in [0.29, 0.717) is 12.6 Å². The van der Waals surface area contributed by atoms with Crippen molar-refractivity contribution in [3.05, 3.63) is 29.3 Å². The zero-order chi connectivity index (χ0) is 14.4. The molecule has 1 aliphatic heterocycles. The molecule has 1 saturated heterocycles. The summed E-state index contributed by atoms with van der Waals surface area (Å²) < 4.78 is 5.66. The third-order valence-corrected chi connectivity index (χ3v) is 3.79. The van der Waals surface area contributed by atoms with Gasteiger partial charge in [-0.25, -0.2) is 0 Å². The first-order valence-corrected chi connectivity index (χ1v) is 7.39. The number of benzene rings is 1. The molecular weight excluding hydrogens is 252 g/mol. The van der Waals surface area contributed by atoms with Gasteiger partial charge in [0.05, 0.1) is 6.10 Å². The van der Waals surface area contributed by atoms with Crippen LogP contribution in [0.15, 0.2) is 18.2 Å². The summed E-state index contributed by atoms with van der Waals surface area (Å²) in [5.41, 5.74) is 2.76. The number of anilines is 1. The summed E-state index contributed by atoms with van der Waals surface area (Å²) in [5.74, 6) is 0.000891. The van der Waals surface area contributed by atoms with Gasteiger partial charge in [0.1, 0.15) is 0 Å². The van der Waals surface area contributed by atoms with Crippen LogP contribution in [0.1, 0.15) is 41.6 Å². The fourth-order valence-corrected chi connectivity index (χ4v) is 2.55. The van der Waals surface area contributed by atoms with E-state index in [9.17, 15) is 4.79 Å². The number of hydrogen-bond donors (Lipinski definition) is 2. The molecule has 0 spiro atoms. The summed E-state index contributed by atoms with van der Waals surface area (Å²) in [6.45, 7) is 3.50. The lowest BCUT2D eigenvalue weighted by molar-refractivity contribution is 0.0117. The smallest absolute Gasteiger partial charge is 0.251 e. The molecule has 2 rings (SSSR count). The quantitative estimate of drug-likeness (QED) is 0.869. The molecular formula is C16H24N2O2. The molecule has 0 radical (unpaired) electrons. The van der Waals surface area contributed by atoms with E-state index in [1.165, 1.54) is 12.8 Å². The number of carbonyl (C=O) groups is 1. The van der Waals surface area contributed by atoms with Gasteiger partial charge in [-0.3, -0.25) is 4.79 Å². The van der Waals surface area contributed by atoms with Gasteiger partial charge in [0.2, 0.25) is 0 Å². The van der Waals surface area contributed by atoms with Gasteiger partial charge in [-0.05, 0) is 56.4 Å². The Kier molecular flexibility index (Phi) is 5.41. The van der Waals surface area contributed by atoms with Crippen molar-refractivity contribution in [3.8, 4) is 0 Å². The van der Waals surface area contributed by atoms with E-state index < -0.39 is 0 Å². The molecule has 1 aliphatic rings. The minimum Gasteiger partial charge on any atom is -0.388 e. The maximum absolute atomic E-state index is 12.1. The summed E-state index contributed by atoms with van der Waals surface area (Å²) >= 11 is 0. The van der Waals surface area contributed by atoms with Crippen molar-refractivity contribution >= 4 is 11.6 Å². The van der Waals surface area contributed by atoms with Crippen LogP contribution in [0.2, 0.25) is 0 Å². The molecule has 1 atom stereocenters. The topological polar surface area (TPSA) is 50.4 Å². The maximum atomic E-state index is 12.1. The molecule has 1 heterocycles. The van der Waals surface area contributed by atoms with E-state index in [1.54, 1.807) is 0 Å². The van der Waals surface area contributed by atoms with E-state index in [2.05, 4.69) is 10.6 Å². The predicted octanol–water partition coefficient (Wildman–Crippen LogP) is 2.73. The van der Waals surface area contributed by atoms with Crippen molar-refractivity contribution in [1.82, 2.24) is 5.32 Å². The number of carbonyl (C=O) groups excluding carboxylic acids is 1. The van der Waals surface area contributed by atoms with Gasteiger partial charge >= 0.3 is 0 Å². The summed E-state index contributed by atoms with van der Waals surface area (Å²) in [6.07, 6.45) is 4.74. The summed E-state index contributed by atoms with van der Waals surface area (Å²) in [4.78, 5) is 12.1. The predicted molar refractivity (Wildman–Crippen MR) is 81.3 cm³/mol. The lowest BCUT2D eigenvalue weighted by Crippen LogP contribution is -2.29. The highest BCUT2D eigenvalue weighted by molar-refractivity contribution is 5.96. The Morgan fingerprint density at radius 3 is 2.90 bits per heavy atom. The van der Waals surface area contributed by atoms with Gasteiger partial charge < -0.3 is 15.4 Å². The third-order valence-electron chi connectivity index (χ3n) is 3.79. The molecule has 110 valence electrons. The van der Waals surface area contributed by atoms with Gasteiger partial charge in [-0.1, -0.05) is 0 Å². The van der Waals surface area contributed by atoms with Crippen molar-refractivity contribution < 1.29 is 9.53 Å². The van der Waals surface area contributed by atoms with Crippen molar-refractivity contribution in [2.45, 2.75) is 38.7 Å². The van der Waals surface area contributed by atoms with Crippen molar-refractivity contribution in [2.24, 2.45) is 0 Å². The van der Waals surface area contributed by atoms with Crippen LogP contribution in [-0.2, 0) is 4.74 Å². The Hall–Kier alpha value is -1.55. The molecule has 0 aromatic heterocycles. The summed E-state index contributed by atoms with van der Waals surface area (Å²) in [7, 11) is 1.87. The van der Waals surface area contributed by atoms with Gasteiger partial charge in [-0.15, -0.1) is 0 Å². The molecule has 1 fully saturated rings. The number of amides is 1. The fourth-order valence-electron chi connectivity index (χ4n) is 2.55. The van der Waals surface area contributed by atoms with Crippen LogP contribution >= 0.6 is 0 Å². The second-order valence-electron chi connectivity index (χ2n) is 5.31. The first-order chi connectivity index (χ1) is 9.70. The maximum Gasteiger partial charge on any atom is 0.251 e. The highest BCUT2D eigenvalue weighted by Crippen LogP contribution is 2.16. The summed E-state index contributed by atoms with van der Waals surface area (Å²) in [6, 6.07) is 5.78. The van der Waals surface area contributed by atoms with E-state index >= 15 is 0 Å². The Bertz CT molecular complexity index is 454.